The van der Waals surface area contributed by atoms with Crippen molar-refractivity contribution in [2.24, 2.45) is 11.8 Å². The average Bonchev–Trinajstić information content (AvgIpc) is 2.47. The number of hydrogen-bond acceptors (Lipinski definition) is 3. The standard InChI is InChI=1S/C17H34N2O/c1-5-14(4)17-10-18-16(13(2)3)12-19(17)11-15-8-6-7-9-20-15/h13-18H,5-12H2,1-4H3. The van der Waals surface area contributed by atoms with Gasteiger partial charge in [0.2, 0.25) is 0 Å². The minimum atomic E-state index is 0.473. The summed E-state index contributed by atoms with van der Waals surface area (Å²) in [6.07, 6.45) is 5.59. The molecule has 0 bridgehead atoms. The quantitative estimate of drug-likeness (QED) is 0.839. The molecule has 0 radical (unpaired) electrons. The summed E-state index contributed by atoms with van der Waals surface area (Å²) >= 11 is 0. The molecule has 2 fully saturated rings. The third-order valence-electron chi connectivity index (χ3n) is 5.31. The van der Waals surface area contributed by atoms with Crippen LogP contribution in [0.4, 0.5) is 0 Å². The zero-order valence-corrected chi connectivity index (χ0v) is 13.9. The molecule has 2 saturated heterocycles. The maximum Gasteiger partial charge on any atom is 0.0702 e. The van der Waals surface area contributed by atoms with Crippen LogP contribution in [0.3, 0.4) is 0 Å². The Bertz CT molecular complexity index is 276. The molecule has 0 aliphatic carbocycles. The van der Waals surface area contributed by atoms with Crippen molar-refractivity contribution in [3.63, 3.8) is 0 Å². The summed E-state index contributed by atoms with van der Waals surface area (Å²) in [4.78, 5) is 2.73. The molecule has 1 N–H and O–H groups in total. The molecule has 0 saturated carbocycles. The van der Waals surface area contributed by atoms with E-state index in [1.807, 2.05) is 0 Å². The molecule has 0 aromatic heterocycles. The summed E-state index contributed by atoms with van der Waals surface area (Å²) in [6.45, 7) is 13.8. The van der Waals surface area contributed by atoms with Crippen LogP contribution < -0.4 is 5.32 Å². The molecule has 2 rings (SSSR count). The Balaban J connectivity index is 1.96. The molecule has 2 aliphatic rings. The van der Waals surface area contributed by atoms with E-state index in [-0.39, 0.29) is 0 Å². The van der Waals surface area contributed by atoms with Gasteiger partial charge in [-0.2, -0.15) is 0 Å². The van der Waals surface area contributed by atoms with E-state index in [9.17, 15) is 0 Å². The van der Waals surface area contributed by atoms with Gasteiger partial charge in [-0.1, -0.05) is 34.1 Å². The van der Waals surface area contributed by atoms with Crippen LogP contribution in [0.15, 0.2) is 0 Å². The number of hydrogen-bond donors (Lipinski definition) is 1. The first-order chi connectivity index (χ1) is 9.61. The predicted molar refractivity (Wildman–Crippen MR) is 85.0 cm³/mol. The molecule has 3 nitrogen and oxygen atoms in total. The number of piperazine rings is 1. The first-order valence-corrected chi connectivity index (χ1v) is 8.70. The highest BCUT2D eigenvalue weighted by atomic mass is 16.5. The second-order valence-electron chi connectivity index (χ2n) is 7.15. The second-order valence-corrected chi connectivity index (χ2v) is 7.15. The first kappa shape index (κ1) is 16.3. The molecule has 20 heavy (non-hydrogen) atoms. The maximum atomic E-state index is 5.98. The van der Waals surface area contributed by atoms with Crippen LogP contribution in [0, 0.1) is 11.8 Å². The molecule has 4 atom stereocenters. The highest BCUT2D eigenvalue weighted by Gasteiger charge is 2.33. The van der Waals surface area contributed by atoms with Gasteiger partial charge in [0.15, 0.2) is 0 Å². The highest BCUT2D eigenvalue weighted by molar-refractivity contribution is 4.91. The van der Waals surface area contributed by atoms with Gasteiger partial charge in [0.05, 0.1) is 6.10 Å². The Morgan fingerprint density at radius 2 is 2.05 bits per heavy atom. The lowest BCUT2D eigenvalue weighted by atomic mass is 9.91. The molecule has 0 aromatic rings. The minimum Gasteiger partial charge on any atom is -0.377 e. The molecule has 0 aromatic carbocycles. The Morgan fingerprint density at radius 3 is 2.65 bits per heavy atom. The van der Waals surface area contributed by atoms with Crippen molar-refractivity contribution in [1.29, 1.82) is 0 Å². The van der Waals surface area contributed by atoms with E-state index in [0.29, 0.717) is 24.1 Å². The lowest BCUT2D eigenvalue weighted by Crippen LogP contribution is -2.61. The Hall–Kier alpha value is -0.120. The Kier molecular flexibility index (Phi) is 6.31. The van der Waals surface area contributed by atoms with E-state index < -0.39 is 0 Å². The van der Waals surface area contributed by atoms with Crippen molar-refractivity contribution in [1.82, 2.24) is 10.2 Å². The lowest BCUT2D eigenvalue weighted by Gasteiger charge is -2.45. The van der Waals surface area contributed by atoms with Crippen LogP contribution in [0.25, 0.3) is 0 Å². The molecule has 0 spiro atoms. The van der Waals surface area contributed by atoms with Crippen molar-refractivity contribution in [3.8, 4) is 0 Å². The summed E-state index contributed by atoms with van der Waals surface area (Å²) in [5, 5.41) is 3.77. The molecule has 2 aliphatic heterocycles. The summed E-state index contributed by atoms with van der Waals surface area (Å²) in [5.41, 5.74) is 0. The number of nitrogens with zero attached hydrogens (tertiary/aromatic N) is 1. The first-order valence-electron chi connectivity index (χ1n) is 8.70. The number of ether oxygens (including phenoxy) is 1. The van der Waals surface area contributed by atoms with E-state index in [0.717, 1.165) is 25.6 Å². The fourth-order valence-corrected chi connectivity index (χ4v) is 3.56. The van der Waals surface area contributed by atoms with Crippen LogP contribution >= 0.6 is 0 Å². The van der Waals surface area contributed by atoms with Gasteiger partial charge in [0, 0.05) is 38.3 Å². The third-order valence-corrected chi connectivity index (χ3v) is 5.31. The van der Waals surface area contributed by atoms with Crippen LogP contribution in [0.2, 0.25) is 0 Å². The van der Waals surface area contributed by atoms with E-state index >= 15 is 0 Å². The molecule has 3 heteroatoms. The molecule has 2 heterocycles. The second kappa shape index (κ2) is 7.77. The smallest absolute Gasteiger partial charge is 0.0702 e. The molecular weight excluding hydrogens is 248 g/mol. The van der Waals surface area contributed by atoms with Crippen molar-refractivity contribution in [3.05, 3.63) is 0 Å². The molecule has 0 amide bonds. The van der Waals surface area contributed by atoms with Crippen LogP contribution in [0.1, 0.15) is 53.4 Å². The van der Waals surface area contributed by atoms with Gasteiger partial charge in [-0.15, -0.1) is 0 Å². The summed E-state index contributed by atoms with van der Waals surface area (Å²) in [5.74, 6) is 1.47. The maximum absolute atomic E-state index is 5.98. The Morgan fingerprint density at radius 1 is 1.25 bits per heavy atom. The van der Waals surface area contributed by atoms with Gasteiger partial charge in [-0.25, -0.2) is 0 Å². The van der Waals surface area contributed by atoms with E-state index in [2.05, 4.69) is 37.9 Å². The van der Waals surface area contributed by atoms with Gasteiger partial charge >= 0.3 is 0 Å². The van der Waals surface area contributed by atoms with Gasteiger partial charge in [0.25, 0.3) is 0 Å². The van der Waals surface area contributed by atoms with Crippen molar-refractivity contribution in [2.75, 3.05) is 26.2 Å². The fourth-order valence-electron chi connectivity index (χ4n) is 3.56. The summed E-state index contributed by atoms with van der Waals surface area (Å²) in [7, 11) is 0. The van der Waals surface area contributed by atoms with Gasteiger partial charge in [0.1, 0.15) is 0 Å². The topological polar surface area (TPSA) is 24.5 Å². The lowest BCUT2D eigenvalue weighted by molar-refractivity contribution is -0.0303. The highest BCUT2D eigenvalue weighted by Crippen LogP contribution is 2.23. The van der Waals surface area contributed by atoms with E-state index in [4.69, 9.17) is 4.74 Å². The van der Waals surface area contributed by atoms with Crippen molar-refractivity contribution in [2.45, 2.75) is 71.6 Å². The van der Waals surface area contributed by atoms with Crippen LogP contribution in [-0.4, -0.2) is 49.3 Å². The van der Waals surface area contributed by atoms with Crippen LogP contribution in [-0.2, 0) is 4.74 Å². The number of rotatable bonds is 5. The zero-order chi connectivity index (χ0) is 14.5. The monoisotopic (exact) mass is 282 g/mol. The fraction of sp³-hybridized carbons (Fsp3) is 1.00. The largest absolute Gasteiger partial charge is 0.377 e. The van der Waals surface area contributed by atoms with E-state index in [1.165, 1.54) is 32.2 Å². The third kappa shape index (κ3) is 4.19. The molecule has 4 unspecified atom stereocenters. The summed E-state index contributed by atoms with van der Waals surface area (Å²) in [6, 6.07) is 1.32. The zero-order valence-electron chi connectivity index (χ0n) is 13.9. The minimum absolute atomic E-state index is 0.473. The SMILES string of the molecule is CCC(C)C1CNC(C(C)C)CN1CC1CCCCO1. The Labute approximate surface area is 125 Å². The van der Waals surface area contributed by atoms with Crippen molar-refractivity contribution < 1.29 is 4.74 Å². The summed E-state index contributed by atoms with van der Waals surface area (Å²) < 4.78 is 5.98. The normalized spacial score (nSPS) is 34.4. The van der Waals surface area contributed by atoms with E-state index in [1.54, 1.807) is 0 Å². The van der Waals surface area contributed by atoms with Gasteiger partial charge in [-0.3, -0.25) is 4.90 Å². The average molecular weight is 282 g/mol. The molecule has 118 valence electrons. The number of nitrogens with one attached hydrogen (secondary N) is 1. The van der Waals surface area contributed by atoms with Gasteiger partial charge < -0.3 is 10.1 Å². The van der Waals surface area contributed by atoms with Crippen LogP contribution in [0.5, 0.6) is 0 Å². The van der Waals surface area contributed by atoms with Gasteiger partial charge in [-0.05, 0) is 31.1 Å². The van der Waals surface area contributed by atoms with Crippen molar-refractivity contribution >= 4 is 0 Å². The molecular formula is C17H34N2O. The predicted octanol–water partition coefficient (Wildman–Crippen LogP) is 2.90.